The highest BCUT2D eigenvalue weighted by Gasteiger charge is 2.26. The van der Waals surface area contributed by atoms with Crippen molar-refractivity contribution in [2.24, 2.45) is 5.92 Å². The molecule has 0 aromatic heterocycles. The van der Waals surface area contributed by atoms with Crippen molar-refractivity contribution in [2.45, 2.75) is 19.4 Å². The second-order valence-corrected chi connectivity index (χ2v) is 7.27. The van der Waals surface area contributed by atoms with Gasteiger partial charge in [0.15, 0.2) is 0 Å². The molecule has 0 saturated carbocycles. The summed E-state index contributed by atoms with van der Waals surface area (Å²) in [4.78, 5) is 14.9. The highest BCUT2D eigenvalue weighted by molar-refractivity contribution is 5.79. The Kier molecular flexibility index (Phi) is 5.30. The molecule has 0 spiro atoms. The molecule has 0 saturated heterocycles. The molecule has 0 radical (unpaired) electrons. The van der Waals surface area contributed by atoms with Crippen molar-refractivity contribution < 1.29 is 14.3 Å². The molecule has 0 fully saturated rings. The maximum absolute atomic E-state index is 12.5. The maximum Gasteiger partial charge on any atom is 0.226 e. The number of nitrogens with zero attached hydrogens (tertiary/aromatic N) is 1. The first-order valence-corrected chi connectivity index (χ1v) is 9.59. The standard InChI is InChI=1S/C22H26N2O3/c1-26-20-7-6-17-12-19(15-27-21(17)13-20)22(25)23-9-11-24-10-8-16-4-2-3-5-18(16)14-24/h2-7,13,19H,8-12,14-15H2,1H3,(H,23,25)/t19-/m1/s1. The first-order chi connectivity index (χ1) is 13.2. The fourth-order valence-corrected chi connectivity index (χ4v) is 3.87. The van der Waals surface area contributed by atoms with Gasteiger partial charge >= 0.3 is 0 Å². The van der Waals surface area contributed by atoms with Gasteiger partial charge in [-0.1, -0.05) is 30.3 Å². The van der Waals surface area contributed by atoms with Gasteiger partial charge < -0.3 is 14.8 Å². The van der Waals surface area contributed by atoms with Gasteiger partial charge in [0.1, 0.15) is 18.1 Å². The van der Waals surface area contributed by atoms with Crippen LogP contribution in [0.4, 0.5) is 0 Å². The number of nitrogens with one attached hydrogen (secondary N) is 1. The molecule has 2 aliphatic heterocycles. The quantitative estimate of drug-likeness (QED) is 0.883. The lowest BCUT2D eigenvalue weighted by Crippen LogP contribution is -2.42. The summed E-state index contributed by atoms with van der Waals surface area (Å²) in [5.74, 6) is 1.55. The first kappa shape index (κ1) is 17.9. The maximum atomic E-state index is 12.5. The number of methoxy groups -OCH3 is 1. The normalized spacial score (nSPS) is 18.8. The van der Waals surface area contributed by atoms with E-state index in [-0.39, 0.29) is 11.8 Å². The molecule has 5 nitrogen and oxygen atoms in total. The number of amides is 1. The number of fused-ring (bicyclic) bond motifs is 2. The zero-order valence-corrected chi connectivity index (χ0v) is 15.7. The summed E-state index contributed by atoms with van der Waals surface area (Å²) in [6, 6.07) is 14.4. The Balaban J connectivity index is 1.25. The lowest BCUT2D eigenvalue weighted by Gasteiger charge is -2.29. The van der Waals surface area contributed by atoms with Gasteiger partial charge in [0.05, 0.1) is 13.0 Å². The topological polar surface area (TPSA) is 50.8 Å². The van der Waals surface area contributed by atoms with Crippen molar-refractivity contribution in [3.63, 3.8) is 0 Å². The SMILES string of the molecule is COc1ccc2c(c1)OC[C@H](C(=O)NCCN1CCc3ccccc3C1)C2. The van der Waals surface area contributed by atoms with Crippen LogP contribution < -0.4 is 14.8 Å². The van der Waals surface area contributed by atoms with Crippen molar-refractivity contribution in [3.8, 4) is 11.5 Å². The van der Waals surface area contributed by atoms with E-state index in [0.29, 0.717) is 19.6 Å². The van der Waals surface area contributed by atoms with E-state index < -0.39 is 0 Å². The van der Waals surface area contributed by atoms with E-state index in [2.05, 4.69) is 34.5 Å². The highest BCUT2D eigenvalue weighted by atomic mass is 16.5. The van der Waals surface area contributed by atoms with E-state index in [0.717, 1.165) is 43.1 Å². The summed E-state index contributed by atoms with van der Waals surface area (Å²) in [5, 5.41) is 3.09. The number of benzene rings is 2. The third-order valence-corrected chi connectivity index (χ3v) is 5.49. The summed E-state index contributed by atoms with van der Waals surface area (Å²) < 4.78 is 11.0. The third-order valence-electron chi connectivity index (χ3n) is 5.49. The van der Waals surface area contributed by atoms with Crippen LogP contribution in [0.15, 0.2) is 42.5 Å². The van der Waals surface area contributed by atoms with Crippen molar-refractivity contribution in [1.82, 2.24) is 10.2 Å². The Morgan fingerprint density at radius 1 is 1.22 bits per heavy atom. The first-order valence-electron chi connectivity index (χ1n) is 9.59. The zero-order chi connectivity index (χ0) is 18.6. The van der Waals surface area contributed by atoms with Gasteiger partial charge in [0.25, 0.3) is 0 Å². The van der Waals surface area contributed by atoms with Gasteiger partial charge in [0.2, 0.25) is 5.91 Å². The Morgan fingerprint density at radius 2 is 2.07 bits per heavy atom. The monoisotopic (exact) mass is 366 g/mol. The molecule has 4 rings (SSSR count). The average molecular weight is 366 g/mol. The Bertz CT molecular complexity index is 821. The second-order valence-electron chi connectivity index (χ2n) is 7.27. The molecule has 1 atom stereocenters. The lowest BCUT2D eigenvalue weighted by molar-refractivity contribution is -0.126. The van der Waals surface area contributed by atoms with Gasteiger partial charge in [-0.25, -0.2) is 0 Å². The summed E-state index contributed by atoms with van der Waals surface area (Å²) >= 11 is 0. The van der Waals surface area contributed by atoms with Crippen LogP contribution in [0.3, 0.4) is 0 Å². The molecule has 27 heavy (non-hydrogen) atoms. The van der Waals surface area contributed by atoms with E-state index in [1.165, 1.54) is 11.1 Å². The van der Waals surface area contributed by atoms with Crippen LogP contribution in [0.2, 0.25) is 0 Å². The summed E-state index contributed by atoms with van der Waals surface area (Å²) in [5.41, 5.74) is 3.92. The Hall–Kier alpha value is -2.53. The van der Waals surface area contributed by atoms with Crippen LogP contribution in [-0.2, 0) is 24.2 Å². The van der Waals surface area contributed by atoms with Crippen molar-refractivity contribution in [3.05, 3.63) is 59.2 Å². The smallest absolute Gasteiger partial charge is 0.226 e. The van der Waals surface area contributed by atoms with Gasteiger partial charge in [-0.3, -0.25) is 9.69 Å². The fourth-order valence-electron chi connectivity index (χ4n) is 3.87. The van der Waals surface area contributed by atoms with Crippen molar-refractivity contribution in [2.75, 3.05) is 33.4 Å². The molecule has 0 aliphatic carbocycles. The van der Waals surface area contributed by atoms with Gasteiger partial charge in [-0.15, -0.1) is 0 Å². The van der Waals surface area contributed by atoms with Gasteiger partial charge in [0, 0.05) is 32.2 Å². The Labute approximate surface area is 160 Å². The summed E-state index contributed by atoms with van der Waals surface area (Å²) in [6.45, 7) is 3.99. The van der Waals surface area contributed by atoms with Gasteiger partial charge in [-0.05, 0) is 35.6 Å². The number of ether oxygens (including phenoxy) is 2. The van der Waals surface area contributed by atoms with Crippen LogP contribution in [0, 0.1) is 5.92 Å². The van der Waals surface area contributed by atoms with Crippen LogP contribution in [0.5, 0.6) is 11.5 Å². The number of hydrogen-bond donors (Lipinski definition) is 1. The lowest BCUT2D eigenvalue weighted by atomic mass is 9.96. The fraction of sp³-hybridized carbons (Fsp3) is 0.409. The van der Waals surface area contributed by atoms with Crippen LogP contribution in [-0.4, -0.2) is 44.2 Å². The van der Waals surface area contributed by atoms with Crippen LogP contribution in [0.1, 0.15) is 16.7 Å². The number of rotatable bonds is 5. The van der Waals surface area contributed by atoms with E-state index in [1.807, 2.05) is 18.2 Å². The van der Waals surface area contributed by atoms with Crippen molar-refractivity contribution in [1.29, 1.82) is 0 Å². The minimum absolute atomic E-state index is 0.0777. The zero-order valence-electron chi connectivity index (χ0n) is 15.7. The second kappa shape index (κ2) is 8.01. The van der Waals surface area contributed by atoms with E-state index >= 15 is 0 Å². The molecule has 0 bridgehead atoms. The molecule has 1 N–H and O–H groups in total. The van der Waals surface area contributed by atoms with Gasteiger partial charge in [-0.2, -0.15) is 0 Å². The third kappa shape index (κ3) is 4.08. The van der Waals surface area contributed by atoms with E-state index in [9.17, 15) is 4.79 Å². The number of carbonyl (C=O) groups is 1. The van der Waals surface area contributed by atoms with Crippen LogP contribution >= 0.6 is 0 Å². The summed E-state index contributed by atoms with van der Waals surface area (Å²) in [7, 11) is 1.64. The van der Waals surface area contributed by atoms with Crippen LogP contribution in [0.25, 0.3) is 0 Å². The molecule has 2 aromatic carbocycles. The average Bonchev–Trinajstić information content (AvgIpc) is 2.72. The largest absolute Gasteiger partial charge is 0.497 e. The summed E-state index contributed by atoms with van der Waals surface area (Å²) in [6.07, 6.45) is 1.79. The highest BCUT2D eigenvalue weighted by Crippen LogP contribution is 2.31. The number of hydrogen-bond acceptors (Lipinski definition) is 4. The van der Waals surface area contributed by atoms with E-state index in [4.69, 9.17) is 9.47 Å². The molecule has 5 heteroatoms. The predicted molar refractivity (Wildman–Crippen MR) is 104 cm³/mol. The predicted octanol–water partition coefficient (Wildman–Crippen LogP) is 2.42. The molecule has 142 valence electrons. The molecule has 2 heterocycles. The Morgan fingerprint density at radius 3 is 2.93 bits per heavy atom. The molecule has 2 aliphatic rings. The van der Waals surface area contributed by atoms with E-state index in [1.54, 1.807) is 7.11 Å². The molecule has 2 aromatic rings. The molecule has 1 amide bonds. The molecular weight excluding hydrogens is 340 g/mol. The van der Waals surface area contributed by atoms with Crippen molar-refractivity contribution >= 4 is 5.91 Å². The molecule has 0 unspecified atom stereocenters. The number of carbonyl (C=O) groups excluding carboxylic acids is 1. The minimum atomic E-state index is -0.132. The molecular formula is C22H26N2O3. The minimum Gasteiger partial charge on any atom is -0.497 e.